The summed E-state index contributed by atoms with van der Waals surface area (Å²) < 4.78 is 10.9. The molecule has 2 rings (SSSR count). The summed E-state index contributed by atoms with van der Waals surface area (Å²) in [5.74, 6) is 2.49. The Morgan fingerprint density at radius 3 is 2.48 bits per heavy atom. The molecule has 0 aliphatic carbocycles. The molecule has 0 aliphatic heterocycles. The van der Waals surface area contributed by atoms with E-state index in [1.807, 2.05) is 41.3 Å². The van der Waals surface area contributed by atoms with Gasteiger partial charge < -0.3 is 20.1 Å². The number of hydrogen-bond acceptors (Lipinski definition) is 4. The molecule has 7 heteroatoms. The zero-order valence-corrected chi connectivity index (χ0v) is 17.1. The van der Waals surface area contributed by atoms with Gasteiger partial charge in [-0.25, -0.2) is 9.98 Å². The van der Waals surface area contributed by atoms with E-state index in [0.717, 1.165) is 24.4 Å². The molecule has 25 heavy (non-hydrogen) atoms. The third-order valence-electron chi connectivity index (χ3n) is 3.57. The van der Waals surface area contributed by atoms with E-state index >= 15 is 0 Å². The maximum atomic E-state index is 5.97. The lowest BCUT2D eigenvalue weighted by molar-refractivity contribution is 0.407. The minimum Gasteiger partial charge on any atom is -0.497 e. The van der Waals surface area contributed by atoms with Crippen molar-refractivity contribution in [3.8, 4) is 17.4 Å². The largest absolute Gasteiger partial charge is 0.497 e. The van der Waals surface area contributed by atoms with Gasteiger partial charge in [0.05, 0.1) is 13.7 Å². The molecule has 0 spiro atoms. The molecule has 1 aromatic heterocycles. The van der Waals surface area contributed by atoms with Gasteiger partial charge in [-0.1, -0.05) is 12.1 Å². The molecular weight excluding hydrogens is 431 g/mol. The summed E-state index contributed by atoms with van der Waals surface area (Å²) in [5.41, 5.74) is 6.94. The lowest BCUT2D eigenvalue weighted by Gasteiger charge is -2.19. The molecular formula is C18H25IN4O2. The molecule has 0 radical (unpaired) electrons. The number of guanidine groups is 1. The van der Waals surface area contributed by atoms with Crippen LogP contribution in [0.2, 0.25) is 0 Å². The number of rotatable bonds is 7. The van der Waals surface area contributed by atoms with E-state index in [1.165, 1.54) is 0 Å². The first-order valence-electron chi connectivity index (χ1n) is 7.98. The van der Waals surface area contributed by atoms with Crippen LogP contribution in [0.4, 0.5) is 0 Å². The second-order valence-electron chi connectivity index (χ2n) is 5.13. The molecule has 6 nitrogen and oxygen atoms in total. The lowest BCUT2D eigenvalue weighted by Crippen LogP contribution is -2.37. The SMILES string of the molecule is CCN(CC)C(N)=NCc1ccc(Oc2cccc(OC)c2)nc1.I. The van der Waals surface area contributed by atoms with Crippen LogP contribution < -0.4 is 15.2 Å². The summed E-state index contributed by atoms with van der Waals surface area (Å²) in [6, 6.07) is 11.1. The number of halogens is 1. The van der Waals surface area contributed by atoms with Crippen LogP contribution >= 0.6 is 24.0 Å². The Morgan fingerprint density at radius 2 is 1.88 bits per heavy atom. The van der Waals surface area contributed by atoms with Crippen molar-refractivity contribution >= 4 is 29.9 Å². The molecule has 0 saturated heterocycles. The Balaban J connectivity index is 0.00000312. The van der Waals surface area contributed by atoms with Crippen LogP contribution in [-0.2, 0) is 6.54 Å². The highest BCUT2D eigenvalue weighted by Crippen LogP contribution is 2.23. The number of aliphatic imine (C=N–C) groups is 1. The molecule has 0 aliphatic rings. The average Bonchev–Trinajstić information content (AvgIpc) is 2.62. The monoisotopic (exact) mass is 456 g/mol. The van der Waals surface area contributed by atoms with Crippen LogP contribution in [0.25, 0.3) is 0 Å². The number of methoxy groups -OCH3 is 1. The van der Waals surface area contributed by atoms with Crippen LogP contribution in [0.5, 0.6) is 17.4 Å². The zero-order valence-electron chi connectivity index (χ0n) is 14.8. The van der Waals surface area contributed by atoms with E-state index in [9.17, 15) is 0 Å². The number of ether oxygens (including phenoxy) is 2. The van der Waals surface area contributed by atoms with Gasteiger partial charge in [-0.15, -0.1) is 24.0 Å². The minimum atomic E-state index is 0. The molecule has 0 bridgehead atoms. The third kappa shape index (κ3) is 6.41. The molecule has 2 aromatic rings. The first-order chi connectivity index (χ1) is 11.7. The van der Waals surface area contributed by atoms with Crippen LogP contribution in [-0.4, -0.2) is 36.0 Å². The summed E-state index contributed by atoms with van der Waals surface area (Å²) in [5, 5.41) is 0. The standard InChI is InChI=1S/C18H24N4O2.HI/c1-4-22(5-2)18(19)21-13-14-9-10-17(20-12-14)24-16-8-6-7-15(11-16)23-3;/h6-12H,4-5,13H2,1-3H3,(H2,19,21);1H. The molecule has 136 valence electrons. The molecule has 0 saturated carbocycles. The number of nitrogens with two attached hydrogens (primary N) is 1. The van der Waals surface area contributed by atoms with Gasteiger partial charge in [0.2, 0.25) is 5.88 Å². The number of nitrogens with zero attached hydrogens (tertiary/aromatic N) is 3. The van der Waals surface area contributed by atoms with E-state index < -0.39 is 0 Å². The first-order valence-corrected chi connectivity index (χ1v) is 7.98. The summed E-state index contributed by atoms with van der Waals surface area (Å²) >= 11 is 0. The highest BCUT2D eigenvalue weighted by atomic mass is 127. The Hall–Kier alpha value is -2.03. The van der Waals surface area contributed by atoms with Gasteiger partial charge >= 0.3 is 0 Å². The van der Waals surface area contributed by atoms with E-state index in [2.05, 4.69) is 23.8 Å². The Labute approximate surface area is 166 Å². The van der Waals surface area contributed by atoms with Crippen molar-refractivity contribution in [2.24, 2.45) is 10.7 Å². The topological polar surface area (TPSA) is 73.0 Å². The third-order valence-corrected chi connectivity index (χ3v) is 3.57. The average molecular weight is 456 g/mol. The molecule has 2 N–H and O–H groups in total. The Bertz CT molecular complexity index is 673. The van der Waals surface area contributed by atoms with Gasteiger partial charge in [0, 0.05) is 31.4 Å². The van der Waals surface area contributed by atoms with Crippen LogP contribution in [0, 0.1) is 0 Å². The lowest BCUT2D eigenvalue weighted by atomic mass is 10.3. The van der Waals surface area contributed by atoms with Crippen molar-refractivity contribution in [2.75, 3.05) is 20.2 Å². The number of aromatic nitrogens is 1. The summed E-state index contributed by atoms with van der Waals surface area (Å²) in [7, 11) is 1.62. The van der Waals surface area contributed by atoms with Crippen LogP contribution in [0.1, 0.15) is 19.4 Å². The second kappa shape index (κ2) is 10.8. The van der Waals surface area contributed by atoms with Gasteiger partial charge in [-0.2, -0.15) is 0 Å². The summed E-state index contributed by atoms with van der Waals surface area (Å²) in [6.45, 7) is 6.29. The Morgan fingerprint density at radius 1 is 1.16 bits per heavy atom. The van der Waals surface area contributed by atoms with E-state index in [0.29, 0.717) is 24.1 Å². The van der Waals surface area contributed by atoms with Crippen LogP contribution in [0.3, 0.4) is 0 Å². The van der Waals surface area contributed by atoms with Crippen molar-refractivity contribution in [1.29, 1.82) is 0 Å². The summed E-state index contributed by atoms with van der Waals surface area (Å²) in [6.07, 6.45) is 1.74. The minimum absolute atomic E-state index is 0. The van der Waals surface area contributed by atoms with Crippen molar-refractivity contribution in [2.45, 2.75) is 20.4 Å². The predicted molar refractivity (Wildman–Crippen MR) is 111 cm³/mol. The van der Waals surface area contributed by atoms with Gasteiger partial charge in [-0.3, -0.25) is 0 Å². The van der Waals surface area contributed by atoms with Gasteiger partial charge in [0.15, 0.2) is 5.96 Å². The molecule has 0 atom stereocenters. The molecule has 0 unspecified atom stereocenters. The fourth-order valence-corrected chi connectivity index (χ4v) is 2.17. The van der Waals surface area contributed by atoms with Gasteiger partial charge in [-0.05, 0) is 31.5 Å². The van der Waals surface area contributed by atoms with Crippen LogP contribution in [0.15, 0.2) is 47.6 Å². The van der Waals surface area contributed by atoms with Crippen molar-refractivity contribution in [3.63, 3.8) is 0 Å². The normalized spacial score (nSPS) is 10.8. The number of pyridine rings is 1. The zero-order chi connectivity index (χ0) is 17.4. The fourth-order valence-electron chi connectivity index (χ4n) is 2.17. The molecule has 1 heterocycles. The molecule has 1 aromatic carbocycles. The van der Waals surface area contributed by atoms with Gasteiger partial charge in [0.25, 0.3) is 0 Å². The van der Waals surface area contributed by atoms with Gasteiger partial charge in [0.1, 0.15) is 11.5 Å². The highest BCUT2D eigenvalue weighted by Gasteiger charge is 2.03. The Kier molecular flexibility index (Phi) is 9.04. The fraction of sp³-hybridized carbons (Fsp3) is 0.333. The molecule has 0 amide bonds. The number of benzene rings is 1. The van der Waals surface area contributed by atoms with E-state index in [-0.39, 0.29) is 24.0 Å². The highest BCUT2D eigenvalue weighted by molar-refractivity contribution is 14.0. The summed E-state index contributed by atoms with van der Waals surface area (Å²) in [4.78, 5) is 10.7. The van der Waals surface area contributed by atoms with E-state index in [4.69, 9.17) is 15.2 Å². The van der Waals surface area contributed by atoms with Crippen molar-refractivity contribution < 1.29 is 9.47 Å². The molecule has 0 fully saturated rings. The predicted octanol–water partition coefficient (Wildman–Crippen LogP) is 3.66. The maximum Gasteiger partial charge on any atom is 0.219 e. The van der Waals surface area contributed by atoms with Crippen molar-refractivity contribution in [1.82, 2.24) is 9.88 Å². The maximum absolute atomic E-state index is 5.97. The quantitative estimate of drug-likeness (QED) is 0.391. The van der Waals surface area contributed by atoms with Crippen molar-refractivity contribution in [3.05, 3.63) is 48.2 Å². The van der Waals surface area contributed by atoms with E-state index in [1.54, 1.807) is 13.3 Å². The smallest absolute Gasteiger partial charge is 0.219 e. The second-order valence-corrected chi connectivity index (χ2v) is 5.13. The first kappa shape index (κ1) is 21.0. The number of hydrogen-bond donors (Lipinski definition) is 1.